The minimum atomic E-state index is -1.29. The molecule has 0 radical (unpaired) electrons. The molecule has 3 amide bonds. The van der Waals surface area contributed by atoms with Gasteiger partial charge in [-0.1, -0.05) is 19.1 Å². The third kappa shape index (κ3) is 2.83. The monoisotopic (exact) mass is 382 g/mol. The zero-order valence-corrected chi connectivity index (χ0v) is 15.3. The maximum Gasteiger partial charge on any atom is 0.325 e. The second-order valence-electron chi connectivity index (χ2n) is 6.93. The van der Waals surface area contributed by atoms with Gasteiger partial charge in [-0.3, -0.25) is 14.5 Å². The minimum Gasteiger partial charge on any atom is -0.493 e. The molecule has 0 aliphatic carbocycles. The molecular formula is C21H19FN2O4. The molecule has 0 spiro atoms. The molecule has 1 fully saturated rings. The fourth-order valence-corrected chi connectivity index (χ4v) is 3.74. The number of rotatable bonds is 5. The van der Waals surface area contributed by atoms with E-state index in [1.165, 1.54) is 24.3 Å². The van der Waals surface area contributed by atoms with Crippen molar-refractivity contribution in [2.45, 2.75) is 25.3 Å². The number of imide groups is 1. The molecule has 7 heteroatoms. The Morgan fingerprint density at radius 2 is 1.96 bits per heavy atom. The third-order valence-corrected chi connectivity index (χ3v) is 5.36. The summed E-state index contributed by atoms with van der Waals surface area (Å²) in [5, 5.41) is 2.69. The second-order valence-corrected chi connectivity index (χ2v) is 6.93. The van der Waals surface area contributed by atoms with Crippen molar-refractivity contribution in [2.24, 2.45) is 0 Å². The van der Waals surface area contributed by atoms with Crippen LogP contribution in [0.2, 0.25) is 0 Å². The number of halogens is 1. The van der Waals surface area contributed by atoms with Crippen molar-refractivity contribution in [1.82, 2.24) is 10.2 Å². The molecule has 1 atom stereocenters. The first-order valence-corrected chi connectivity index (χ1v) is 9.13. The molecule has 28 heavy (non-hydrogen) atoms. The summed E-state index contributed by atoms with van der Waals surface area (Å²) in [6, 6.07) is 9.92. The van der Waals surface area contributed by atoms with Crippen molar-refractivity contribution in [3.05, 3.63) is 65.0 Å². The Morgan fingerprint density at radius 1 is 1.21 bits per heavy atom. The molecule has 0 bridgehead atoms. The Morgan fingerprint density at radius 3 is 2.68 bits per heavy atom. The quantitative estimate of drug-likeness (QED) is 0.637. The lowest BCUT2D eigenvalue weighted by Gasteiger charge is -2.25. The number of ketones is 1. The molecule has 2 aliphatic rings. The van der Waals surface area contributed by atoms with Crippen LogP contribution < -0.4 is 10.1 Å². The molecule has 0 aromatic heterocycles. The summed E-state index contributed by atoms with van der Waals surface area (Å²) < 4.78 is 18.7. The number of benzene rings is 2. The van der Waals surface area contributed by atoms with E-state index in [0.29, 0.717) is 17.7 Å². The number of fused-ring (bicyclic) bond motifs is 1. The van der Waals surface area contributed by atoms with E-state index in [2.05, 4.69) is 5.32 Å². The number of urea groups is 1. The number of carbonyl (C=O) groups is 3. The van der Waals surface area contributed by atoms with Crippen molar-refractivity contribution >= 4 is 17.7 Å². The van der Waals surface area contributed by atoms with Gasteiger partial charge in [0.1, 0.15) is 17.1 Å². The SMILES string of the molecule is CCC1(c2ccc(F)cc2)NC(=O)N(CC(=O)c2ccc3c(c2)CCO3)C1=O. The van der Waals surface area contributed by atoms with Crippen LogP contribution in [0.5, 0.6) is 5.75 Å². The number of nitrogens with one attached hydrogen (secondary N) is 1. The summed E-state index contributed by atoms with van der Waals surface area (Å²) in [7, 11) is 0. The highest BCUT2D eigenvalue weighted by Crippen LogP contribution is 2.33. The molecule has 0 saturated carbocycles. The van der Waals surface area contributed by atoms with E-state index in [9.17, 15) is 18.8 Å². The van der Waals surface area contributed by atoms with Crippen molar-refractivity contribution in [3.8, 4) is 5.75 Å². The van der Waals surface area contributed by atoms with Crippen LogP contribution in [0.1, 0.15) is 34.8 Å². The van der Waals surface area contributed by atoms with Gasteiger partial charge in [-0.15, -0.1) is 0 Å². The molecule has 2 aromatic rings. The van der Waals surface area contributed by atoms with Crippen LogP contribution in [0.25, 0.3) is 0 Å². The zero-order valence-electron chi connectivity index (χ0n) is 15.3. The summed E-state index contributed by atoms with van der Waals surface area (Å²) in [6.45, 7) is 1.98. The highest BCUT2D eigenvalue weighted by atomic mass is 19.1. The van der Waals surface area contributed by atoms with E-state index < -0.39 is 23.3 Å². The van der Waals surface area contributed by atoms with Gasteiger partial charge in [0.05, 0.1) is 13.2 Å². The maximum atomic E-state index is 13.3. The first kappa shape index (κ1) is 18.2. The highest BCUT2D eigenvalue weighted by Gasteiger charge is 2.51. The van der Waals surface area contributed by atoms with Crippen LogP contribution in [0.4, 0.5) is 9.18 Å². The number of Topliss-reactive ketones (excluding diaryl/α,β-unsaturated/α-hetero) is 1. The number of ether oxygens (including phenoxy) is 1. The van der Waals surface area contributed by atoms with E-state index in [1.807, 2.05) is 0 Å². The summed E-state index contributed by atoms with van der Waals surface area (Å²) in [4.78, 5) is 39.2. The Labute approximate surface area is 161 Å². The molecule has 144 valence electrons. The van der Waals surface area contributed by atoms with Gasteiger partial charge in [-0.2, -0.15) is 0 Å². The van der Waals surface area contributed by atoms with E-state index in [-0.39, 0.29) is 18.7 Å². The molecule has 2 aliphatic heterocycles. The first-order chi connectivity index (χ1) is 13.4. The lowest BCUT2D eigenvalue weighted by atomic mass is 9.87. The smallest absolute Gasteiger partial charge is 0.325 e. The van der Waals surface area contributed by atoms with Crippen LogP contribution in [0, 0.1) is 5.82 Å². The molecule has 1 unspecified atom stereocenters. The first-order valence-electron chi connectivity index (χ1n) is 9.13. The fraction of sp³-hybridized carbons (Fsp3) is 0.286. The average molecular weight is 382 g/mol. The van der Waals surface area contributed by atoms with Crippen LogP contribution >= 0.6 is 0 Å². The predicted molar refractivity (Wildman–Crippen MR) is 98.6 cm³/mol. The Kier molecular flexibility index (Phi) is 4.37. The van der Waals surface area contributed by atoms with Gasteiger partial charge >= 0.3 is 6.03 Å². The van der Waals surface area contributed by atoms with Crippen LogP contribution in [-0.4, -0.2) is 35.8 Å². The van der Waals surface area contributed by atoms with Crippen LogP contribution in [0.15, 0.2) is 42.5 Å². The lowest BCUT2D eigenvalue weighted by Crippen LogP contribution is -2.43. The number of nitrogens with zero attached hydrogens (tertiary/aromatic N) is 1. The Bertz CT molecular complexity index is 973. The van der Waals surface area contributed by atoms with E-state index in [0.717, 1.165) is 22.6 Å². The van der Waals surface area contributed by atoms with E-state index in [4.69, 9.17) is 4.74 Å². The fourth-order valence-electron chi connectivity index (χ4n) is 3.74. The van der Waals surface area contributed by atoms with Crippen molar-refractivity contribution in [2.75, 3.05) is 13.2 Å². The number of hydrogen-bond donors (Lipinski definition) is 1. The summed E-state index contributed by atoms with van der Waals surface area (Å²) in [5.41, 5.74) is 0.564. The Balaban J connectivity index is 1.58. The normalized spacial score (nSPS) is 20.7. The van der Waals surface area contributed by atoms with Crippen molar-refractivity contribution in [3.63, 3.8) is 0 Å². The van der Waals surface area contributed by atoms with Crippen molar-refractivity contribution < 1.29 is 23.5 Å². The van der Waals surface area contributed by atoms with Gasteiger partial charge in [-0.05, 0) is 47.9 Å². The summed E-state index contributed by atoms with van der Waals surface area (Å²) >= 11 is 0. The molecular weight excluding hydrogens is 363 g/mol. The number of hydrogen-bond acceptors (Lipinski definition) is 4. The second kappa shape index (κ2) is 6.74. The molecule has 2 heterocycles. The topological polar surface area (TPSA) is 75.7 Å². The molecule has 1 N–H and O–H groups in total. The largest absolute Gasteiger partial charge is 0.493 e. The minimum absolute atomic E-state index is 0.282. The van der Waals surface area contributed by atoms with Gasteiger partial charge in [0.25, 0.3) is 5.91 Å². The molecule has 2 aromatic carbocycles. The van der Waals surface area contributed by atoms with Crippen molar-refractivity contribution in [1.29, 1.82) is 0 Å². The standard InChI is InChI=1S/C21H19FN2O4/c1-2-21(15-4-6-16(22)7-5-15)19(26)24(20(27)23-21)12-17(25)13-3-8-18-14(11-13)9-10-28-18/h3-8,11H,2,9-10,12H2,1H3,(H,23,27). The van der Waals surface area contributed by atoms with Crippen LogP contribution in [-0.2, 0) is 16.8 Å². The predicted octanol–water partition coefficient (Wildman–Crippen LogP) is 2.80. The molecule has 6 nitrogen and oxygen atoms in total. The maximum absolute atomic E-state index is 13.3. The highest BCUT2D eigenvalue weighted by molar-refractivity contribution is 6.11. The van der Waals surface area contributed by atoms with Gasteiger partial charge in [0, 0.05) is 12.0 Å². The molecule has 4 rings (SSSR count). The number of carbonyl (C=O) groups excluding carboxylic acids is 3. The zero-order chi connectivity index (χ0) is 19.9. The van der Waals surface area contributed by atoms with Crippen LogP contribution in [0.3, 0.4) is 0 Å². The summed E-state index contributed by atoms with van der Waals surface area (Å²) in [5.74, 6) is -0.513. The van der Waals surface area contributed by atoms with E-state index in [1.54, 1.807) is 25.1 Å². The summed E-state index contributed by atoms with van der Waals surface area (Å²) in [6.07, 6.45) is 1.01. The van der Waals surface area contributed by atoms with Gasteiger partial charge < -0.3 is 10.1 Å². The number of amides is 3. The average Bonchev–Trinajstić information content (AvgIpc) is 3.26. The van der Waals surface area contributed by atoms with Gasteiger partial charge in [0.15, 0.2) is 5.78 Å². The van der Waals surface area contributed by atoms with Gasteiger partial charge in [0.2, 0.25) is 0 Å². The molecule has 1 saturated heterocycles. The van der Waals surface area contributed by atoms with Gasteiger partial charge in [-0.25, -0.2) is 9.18 Å². The third-order valence-electron chi connectivity index (χ3n) is 5.36. The Hall–Kier alpha value is -3.22. The lowest BCUT2D eigenvalue weighted by molar-refractivity contribution is -0.131. The van der Waals surface area contributed by atoms with E-state index >= 15 is 0 Å².